The predicted octanol–water partition coefficient (Wildman–Crippen LogP) is 14.6. The van der Waals surface area contributed by atoms with E-state index < -0.39 is 0 Å². The first kappa shape index (κ1) is 35.8. The van der Waals surface area contributed by atoms with Crippen LogP contribution in [0.3, 0.4) is 0 Å². The van der Waals surface area contributed by atoms with Crippen LogP contribution in [0.15, 0.2) is 177 Å². The molecule has 1 nitrogen and oxygen atoms in total. The van der Waals surface area contributed by atoms with E-state index in [1.165, 1.54) is 83.9 Å². The van der Waals surface area contributed by atoms with E-state index in [9.17, 15) is 0 Å². The van der Waals surface area contributed by atoms with E-state index in [0.29, 0.717) is 0 Å². The van der Waals surface area contributed by atoms with Crippen molar-refractivity contribution in [2.45, 2.75) is 70.6 Å². The highest BCUT2D eigenvalue weighted by Crippen LogP contribution is 2.58. The van der Waals surface area contributed by atoms with Gasteiger partial charge < -0.3 is 0 Å². The van der Waals surface area contributed by atoms with Gasteiger partial charge in [-0.2, -0.15) is 4.58 Å². The third kappa shape index (κ3) is 6.36. The van der Waals surface area contributed by atoms with Gasteiger partial charge in [0.2, 0.25) is 17.1 Å². The first-order valence-corrected chi connectivity index (χ1v) is 21.4. The van der Waals surface area contributed by atoms with E-state index in [4.69, 9.17) is 0 Å². The molecular weight excluding hydrogens is 703 g/mol. The summed E-state index contributed by atoms with van der Waals surface area (Å²) < 4.78 is 2.61. The molecule has 3 aliphatic heterocycles. The molecule has 3 heteroatoms. The zero-order chi connectivity index (χ0) is 38.0. The van der Waals surface area contributed by atoms with Crippen molar-refractivity contribution < 1.29 is 0 Å². The Hall–Kier alpha value is -4.83. The van der Waals surface area contributed by atoms with Gasteiger partial charge in [-0.1, -0.05) is 127 Å². The molecule has 272 valence electrons. The Morgan fingerprint density at radius 1 is 0.509 bits per heavy atom. The smallest absolute Gasteiger partial charge is 0.152 e. The SMILES string of the molecule is CC(C)(C)c1ccc2c(c1)-c1cc(C(C)(C)C)ccc1[N+]2=C1/C(=C/C=C2C=CSC=C2)CC2(C/C1=C\C=C1C=CSC=C1)c1ccccc1-c1ccccc12. The van der Waals surface area contributed by atoms with Gasteiger partial charge in [-0.25, -0.2) is 0 Å². The number of fused-ring (bicyclic) bond motifs is 8. The van der Waals surface area contributed by atoms with Gasteiger partial charge in [-0.15, -0.1) is 23.5 Å². The molecule has 0 unspecified atom stereocenters. The van der Waals surface area contributed by atoms with Crippen molar-refractivity contribution in [3.63, 3.8) is 0 Å². The Morgan fingerprint density at radius 2 is 0.927 bits per heavy atom. The second kappa shape index (κ2) is 13.7. The van der Waals surface area contributed by atoms with E-state index in [1.54, 1.807) is 23.5 Å². The molecule has 55 heavy (non-hydrogen) atoms. The maximum Gasteiger partial charge on any atom is 0.219 e. The summed E-state index contributed by atoms with van der Waals surface area (Å²) in [5, 5.41) is 8.70. The molecule has 0 aromatic heterocycles. The van der Waals surface area contributed by atoms with E-state index in [2.05, 4.69) is 201 Å². The Balaban J connectivity index is 1.37. The molecule has 0 radical (unpaired) electrons. The summed E-state index contributed by atoms with van der Waals surface area (Å²) in [6.45, 7) is 13.9. The van der Waals surface area contributed by atoms with Crippen LogP contribution in [0.25, 0.3) is 22.3 Å². The monoisotopic (exact) mass is 750 g/mol. The van der Waals surface area contributed by atoms with Crippen LogP contribution in [0.4, 0.5) is 11.4 Å². The first-order valence-electron chi connectivity index (χ1n) is 19.5. The summed E-state index contributed by atoms with van der Waals surface area (Å²) in [5.74, 6) is 0. The lowest BCUT2D eigenvalue weighted by molar-refractivity contribution is 0.515. The van der Waals surface area contributed by atoms with E-state index in [-0.39, 0.29) is 16.2 Å². The maximum absolute atomic E-state index is 2.61. The number of hydrogen-bond acceptors (Lipinski definition) is 2. The predicted molar refractivity (Wildman–Crippen MR) is 242 cm³/mol. The Bertz CT molecular complexity index is 2340. The minimum Gasteiger partial charge on any atom is -0.152 e. The van der Waals surface area contributed by atoms with Gasteiger partial charge in [0.05, 0.1) is 11.1 Å². The Morgan fingerprint density at radius 3 is 1.35 bits per heavy atom. The van der Waals surface area contributed by atoms with Gasteiger partial charge in [0.25, 0.3) is 0 Å². The van der Waals surface area contributed by atoms with Crippen molar-refractivity contribution in [3.05, 3.63) is 200 Å². The van der Waals surface area contributed by atoms with Gasteiger partial charge in [0.15, 0.2) is 0 Å². The zero-order valence-electron chi connectivity index (χ0n) is 32.7. The summed E-state index contributed by atoms with van der Waals surface area (Å²) in [4.78, 5) is 0. The van der Waals surface area contributed by atoms with Crippen LogP contribution in [0, 0.1) is 0 Å². The van der Waals surface area contributed by atoms with Crippen LogP contribution < -0.4 is 4.58 Å². The molecule has 1 fully saturated rings. The van der Waals surface area contributed by atoms with Gasteiger partial charge in [0.1, 0.15) is 0 Å². The largest absolute Gasteiger partial charge is 0.219 e. The van der Waals surface area contributed by atoms with Gasteiger partial charge >= 0.3 is 0 Å². The van der Waals surface area contributed by atoms with Crippen molar-refractivity contribution in [1.29, 1.82) is 0 Å². The summed E-state index contributed by atoms with van der Waals surface area (Å²) in [5.41, 5.74) is 19.7. The van der Waals surface area contributed by atoms with Crippen molar-refractivity contribution in [2.24, 2.45) is 0 Å². The number of nitrogens with zero attached hydrogens (tertiary/aromatic N) is 1. The van der Waals surface area contributed by atoms with Crippen LogP contribution in [0.5, 0.6) is 0 Å². The number of rotatable bonds is 2. The average molecular weight is 751 g/mol. The molecule has 5 aliphatic rings. The lowest BCUT2D eigenvalue weighted by atomic mass is 9.63. The number of hydrogen-bond donors (Lipinski definition) is 0. The molecule has 9 rings (SSSR count). The fraction of sp³-hybridized carbons (Fsp3) is 0.212. The molecular formula is C52H48NS2+. The Kier molecular flexibility index (Phi) is 8.95. The molecule has 0 saturated heterocycles. The highest BCUT2D eigenvalue weighted by atomic mass is 32.2. The van der Waals surface area contributed by atoms with Gasteiger partial charge in [-0.3, -0.25) is 0 Å². The molecule has 0 bridgehead atoms. The quantitative estimate of drug-likeness (QED) is 0.165. The maximum atomic E-state index is 2.61. The van der Waals surface area contributed by atoms with Gasteiger partial charge in [-0.05, 0) is 126 Å². The Labute approximate surface area is 336 Å². The average Bonchev–Trinajstić information content (AvgIpc) is 3.65. The second-order valence-corrected chi connectivity index (χ2v) is 19.0. The van der Waals surface area contributed by atoms with Crippen molar-refractivity contribution >= 4 is 40.6 Å². The molecule has 3 heterocycles. The third-order valence-electron chi connectivity index (χ3n) is 11.8. The van der Waals surface area contributed by atoms with Crippen molar-refractivity contribution in [1.82, 2.24) is 4.58 Å². The van der Waals surface area contributed by atoms with E-state index in [0.717, 1.165) is 12.8 Å². The molecule has 1 saturated carbocycles. The third-order valence-corrected chi connectivity index (χ3v) is 13.0. The summed E-state index contributed by atoms with van der Waals surface area (Å²) >= 11 is 3.45. The first-order chi connectivity index (χ1) is 26.5. The molecule has 1 spiro atoms. The van der Waals surface area contributed by atoms with Crippen LogP contribution in [0.1, 0.15) is 76.6 Å². The topological polar surface area (TPSA) is 3.01 Å². The lowest BCUT2D eigenvalue weighted by Gasteiger charge is -2.38. The lowest BCUT2D eigenvalue weighted by Crippen LogP contribution is -2.37. The minimum absolute atomic E-state index is 0.0327. The summed E-state index contributed by atoms with van der Waals surface area (Å²) in [6.07, 6.45) is 20.2. The van der Waals surface area contributed by atoms with Crippen LogP contribution in [-0.4, -0.2) is 5.71 Å². The number of allylic oxidation sites excluding steroid dienone is 12. The van der Waals surface area contributed by atoms with Crippen LogP contribution in [-0.2, 0) is 16.2 Å². The molecule has 0 atom stereocenters. The fourth-order valence-corrected chi connectivity index (χ4v) is 10.1. The molecule has 0 amide bonds. The van der Waals surface area contributed by atoms with E-state index >= 15 is 0 Å². The molecule has 4 aromatic rings. The number of thioether (sulfide) groups is 2. The van der Waals surface area contributed by atoms with Crippen LogP contribution >= 0.6 is 23.5 Å². The summed E-state index contributed by atoms with van der Waals surface area (Å²) in [7, 11) is 0. The summed E-state index contributed by atoms with van der Waals surface area (Å²) in [6, 6.07) is 32.8. The number of benzene rings is 4. The van der Waals surface area contributed by atoms with Gasteiger partial charge in [0, 0.05) is 28.7 Å². The zero-order valence-corrected chi connectivity index (χ0v) is 34.3. The minimum atomic E-state index is -0.203. The highest BCUT2D eigenvalue weighted by Gasteiger charge is 2.51. The normalized spacial score (nSPS) is 19.3. The van der Waals surface area contributed by atoms with Crippen LogP contribution in [0.2, 0.25) is 0 Å². The second-order valence-electron chi connectivity index (χ2n) is 17.4. The van der Waals surface area contributed by atoms with Crippen molar-refractivity contribution in [3.8, 4) is 22.3 Å². The molecule has 2 aliphatic carbocycles. The van der Waals surface area contributed by atoms with Crippen molar-refractivity contribution in [2.75, 3.05) is 0 Å². The fourth-order valence-electron chi connectivity index (χ4n) is 8.93. The van der Waals surface area contributed by atoms with E-state index in [1.807, 2.05) is 0 Å². The molecule has 0 N–H and O–H groups in total. The molecule has 4 aromatic carbocycles. The standard InChI is InChI=1S/C52H48NS2/c1-50(2,3)39-19-21-47-43(31-39)44-32-40(51(4,5)6)20-22-48(44)53(47)49-37(17-15-35-23-27-54-28-24-35)33-52(34-38(49)18-16-36-25-29-55-30-26-36)45-13-9-7-11-41(45)42-12-8-10-14-46(42)52/h7-32H,33-34H2,1-6H3/q+1/b37-17+,38-18+. The highest BCUT2D eigenvalue weighted by molar-refractivity contribution is 8.05.